The first-order chi connectivity index (χ1) is 11.1. The normalized spacial score (nSPS) is 36.5. The van der Waals surface area contributed by atoms with E-state index < -0.39 is 0 Å². The molecule has 0 aromatic rings. The molecule has 5 heteroatoms. The van der Waals surface area contributed by atoms with Gasteiger partial charge in [-0.2, -0.15) is 0 Å². The molecular formula is C18H35O4P. The van der Waals surface area contributed by atoms with Crippen molar-refractivity contribution in [3.63, 3.8) is 0 Å². The molecule has 0 saturated carbocycles. The topological polar surface area (TPSA) is 36.9 Å². The standard InChI is InChI=1S/C18H35O4P/c1-5-7-15(4)17-9-16(8-14(3)6-2)19-10-18(11-20-17)12-21-23-22-13-18/h14-17,23H,5-13H2,1-4H3. The molecule has 0 aliphatic carbocycles. The van der Waals surface area contributed by atoms with Crippen LogP contribution in [0.3, 0.4) is 0 Å². The molecule has 4 unspecified atom stereocenters. The van der Waals surface area contributed by atoms with Crippen molar-refractivity contribution in [1.29, 1.82) is 0 Å². The second kappa shape index (κ2) is 9.68. The van der Waals surface area contributed by atoms with Gasteiger partial charge in [0.25, 0.3) is 0 Å². The van der Waals surface area contributed by atoms with Gasteiger partial charge in [-0.25, -0.2) is 0 Å². The lowest BCUT2D eigenvalue weighted by Gasteiger charge is -2.42. The molecule has 0 N–H and O–H groups in total. The third kappa shape index (κ3) is 5.93. The van der Waals surface area contributed by atoms with E-state index in [-0.39, 0.29) is 26.7 Å². The van der Waals surface area contributed by atoms with E-state index in [9.17, 15) is 0 Å². The van der Waals surface area contributed by atoms with Crippen molar-refractivity contribution in [1.82, 2.24) is 0 Å². The highest BCUT2D eigenvalue weighted by atomic mass is 31.1. The molecule has 2 aliphatic heterocycles. The first kappa shape index (κ1) is 19.6. The number of hydrogen-bond acceptors (Lipinski definition) is 4. The molecule has 23 heavy (non-hydrogen) atoms. The lowest BCUT2D eigenvalue weighted by molar-refractivity contribution is -0.158. The summed E-state index contributed by atoms with van der Waals surface area (Å²) in [5.74, 6) is 1.27. The molecule has 2 aliphatic rings. The maximum atomic E-state index is 6.40. The van der Waals surface area contributed by atoms with Crippen molar-refractivity contribution in [3.8, 4) is 0 Å². The molecule has 0 aromatic heterocycles. The quantitative estimate of drug-likeness (QED) is 0.660. The molecule has 136 valence electrons. The van der Waals surface area contributed by atoms with E-state index in [1.165, 1.54) is 19.3 Å². The average Bonchev–Trinajstić information content (AvgIpc) is 2.55. The minimum Gasteiger partial charge on any atom is -0.377 e. The lowest BCUT2D eigenvalue weighted by Crippen LogP contribution is -2.47. The summed E-state index contributed by atoms with van der Waals surface area (Å²) in [6.07, 6.45) is 6.33. The van der Waals surface area contributed by atoms with Crippen LogP contribution in [0.25, 0.3) is 0 Å². The Morgan fingerprint density at radius 1 is 1.04 bits per heavy atom. The van der Waals surface area contributed by atoms with Gasteiger partial charge in [0, 0.05) is 6.42 Å². The van der Waals surface area contributed by atoms with Gasteiger partial charge in [0.15, 0.2) is 9.03 Å². The highest BCUT2D eigenvalue weighted by Crippen LogP contribution is 2.36. The Labute approximate surface area is 143 Å². The fourth-order valence-electron chi connectivity index (χ4n) is 3.45. The van der Waals surface area contributed by atoms with Crippen molar-refractivity contribution in [2.75, 3.05) is 26.4 Å². The van der Waals surface area contributed by atoms with Crippen LogP contribution < -0.4 is 0 Å². The zero-order valence-electron chi connectivity index (χ0n) is 15.3. The van der Waals surface area contributed by atoms with E-state index in [0.717, 1.165) is 12.8 Å². The van der Waals surface area contributed by atoms with Crippen LogP contribution in [0.15, 0.2) is 0 Å². The van der Waals surface area contributed by atoms with Gasteiger partial charge in [0.05, 0.1) is 44.1 Å². The zero-order chi connectivity index (χ0) is 16.7. The third-order valence-electron chi connectivity index (χ3n) is 5.34. The third-order valence-corrected chi connectivity index (χ3v) is 5.86. The molecule has 0 amide bonds. The fourth-order valence-corrected chi connectivity index (χ4v) is 4.26. The molecular weight excluding hydrogens is 311 g/mol. The number of ether oxygens (including phenoxy) is 2. The Bertz CT molecular complexity index is 333. The van der Waals surface area contributed by atoms with E-state index in [4.69, 9.17) is 18.5 Å². The zero-order valence-corrected chi connectivity index (χ0v) is 16.3. The van der Waals surface area contributed by atoms with Crippen LogP contribution in [0, 0.1) is 17.3 Å². The van der Waals surface area contributed by atoms with Gasteiger partial charge in [-0.1, -0.05) is 40.5 Å². The highest BCUT2D eigenvalue weighted by Gasteiger charge is 2.39. The second-order valence-corrected chi connectivity index (χ2v) is 8.44. The summed E-state index contributed by atoms with van der Waals surface area (Å²) in [5, 5.41) is 0. The Balaban J connectivity index is 2.04. The molecule has 4 nitrogen and oxygen atoms in total. The molecule has 2 fully saturated rings. The Hall–Kier alpha value is 0.270. The largest absolute Gasteiger partial charge is 0.377 e. The maximum absolute atomic E-state index is 6.40. The minimum absolute atomic E-state index is 0.121. The maximum Gasteiger partial charge on any atom is 0.155 e. The molecule has 0 aromatic carbocycles. The minimum atomic E-state index is -0.121. The Morgan fingerprint density at radius 2 is 1.74 bits per heavy atom. The smallest absolute Gasteiger partial charge is 0.155 e. The summed E-state index contributed by atoms with van der Waals surface area (Å²) in [7, 11) is 0.164. The first-order valence-electron chi connectivity index (χ1n) is 9.30. The van der Waals surface area contributed by atoms with Crippen LogP contribution in [-0.4, -0.2) is 38.6 Å². The summed E-state index contributed by atoms with van der Waals surface area (Å²) in [4.78, 5) is 0. The summed E-state index contributed by atoms with van der Waals surface area (Å²) in [6.45, 7) is 11.9. The van der Waals surface area contributed by atoms with Gasteiger partial charge in [0.2, 0.25) is 0 Å². The summed E-state index contributed by atoms with van der Waals surface area (Å²) in [6, 6.07) is 0. The van der Waals surface area contributed by atoms with Crippen molar-refractivity contribution >= 4 is 9.03 Å². The van der Waals surface area contributed by atoms with Crippen LogP contribution in [0.1, 0.15) is 59.8 Å². The van der Waals surface area contributed by atoms with Gasteiger partial charge < -0.3 is 18.5 Å². The van der Waals surface area contributed by atoms with Crippen LogP contribution in [-0.2, 0) is 18.5 Å². The molecule has 1 spiro atoms. The van der Waals surface area contributed by atoms with Crippen molar-refractivity contribution in [2.45, 2.75) is 72.0 Å². The predicted octanol–water partition coefficient (Wildman–Crippen LogP) is 4.57. The highest BCUT2D eigenvalue weighted by molar-refractivity contribution is 7.26. The van der Waals surface area contributed by atoms with E-state index >= 15 is 0 Å². The van der Waals surface area contributed by atoms with Crippen LogP contribution in [0.4, 0.5) is 0 Å². The Kier molecular flexibility index (Phi) is 8.24. The number of rotatable bonds is 6. The van der Waals surface area contributed by atoms with Gasteiger partial charge in [-0.15, -0.1) is 0 Å². The van der Waals surface area contributed by atoms with Crippen LogP contribution in [0.5, 0.6) is 0 Å². The summed E-state index contributed by atoms with van der Waals surface area (Å²) in [5.41, 5.74) is -0.121. The van der Waals surface area contributed by atoms with Crippen LogP contribution >= 0.6 is 9.03 Å². The molecule has 0 radical (unpaired) electrons. The Morgan fingerprint density at radius 3 is 2.39 bits per heavy atom. The monoisotopic (exact) mass is 346 g/mol. The summed E-state index contributed by atoms with van der Waals surface area (Å²) < 4.78 is 23.9. The molecule has 2 heterocycles. The van der Waals surface area contributed by atoms with Gasteiger partial charge in [0.1, 0.15) is 0 Å². The average molecular weight is 346 g/mol. The van der Waals surface area contributed by atoms with Crippen molar-refractivity contribution < 1.29 is 18.5 Å². The van der Waals surface area contributed by atoms with E-state index in [0.29, 0.717) is 38.3 Å². The molecule has 0 bridgehead atoms. The van der Waals surface area contributed by atoms with E-state index in [1.54, 1.807) is 0 Å². The SMILES string of the molecule is CCCC(C)C1CC(CC(C)CC)OCC2(COPOC2)CO1. The fraction of sp³-hybridized carbons (Fsp3) is 1.00. The summed E-state index contributed by atoms with van der Waals surface area (Å²) >= 11 is 0. The van der Waals surface area contributed by atoms with Crippen molar-refractivity contribution in [2.24, 2.45) is 17.3 Å². The van der Waals surface area contributed by atoms with E-state index in [2.05, 4.69) is 27.7 Å². The van der Waals surface area contributed by atoms with E-state index in [1.807, 2.05) is 0 Å². The van der Waals surface area contributed by atoms with Gasteiger partial charge in [-0.05, 0) is 24.7 Å². The van der Waals surface area contributed by atoms with Crippen molar-refractivity contribution in [3.05, 3.63) is 0 Å². The van der Waals surface area contributed by atoms with Gasteiger partial charge >= 0.3 is 0 Å². The van der Waals surface area contributed by atoms with Gasteiger partial charge in [-0.3, -0.25) is 0 Å². The molecule has 2 saturated heterocycles. The molecule has 2 rings (SSSR count). The second-order valence-electron chi connectivity index (χ2n) is 7.69. The predicted molar refractivity (Wildman–Crippen MR) is 94.9 cm³/mol. The number of hydrogen-bond donors (Lipinski definition) is 0. The molecule has 4 atom stereocenters. The lowest BCUT2D eigenvalue weighted by atomic mass is 9.87. The van der Waals surface area contributed by atoms with Crippen LogP contribution in [0.2, 0.25) is 0 Å². The first-order valence-corrected chi connectivity index (χ1v) is 10.1.